The Hall–Kier alpha value is -10.3. The summed E-state index contributed by atoms with van der Waals surface area (Å²) in [4.78, 5) is 65.0. The summed E-state index contributed by atoms with van der Waals surface area (Å²) in [5.41, 5.74) is 3.09. The number of carbonyl (C=O) groups is 2. The van der Waals surface area contributed by atoms with Crippen molar-refractivity contribution in [3.8, 4) is 71.1 Å². The van der Waals surface area contributed by atoms with Gasteiger partial charge in [-0.15, -0.1) is 12.8 Å². The van der Waals surface area contributed by atoms with Crippen molar-refractivity contribution < 1.29 is 41.0 Å². The standard InChI is InChI=1S/C68H59F5N14O4/c1-7-49-54(71)16-14-40-11-9-13-51(58(40)49)43-30-56-60(76-32-43)63(84-23-25-86(65(88)38(3)69)45(34-84)18-20-74)80-67(77-56)91-37-48-28-44(33-83(48)6)42-27-41-15-17-55(72)50(8-2)59(41)52(29-42)53-31-57-61(79-62(53)73)64(81-68(78-57)90-36-47-12-10-22-82(47)5)85-24-26-87(66(89)39(4)70)46(35-85)19-21-75/h1-2,9,11,13-17,27,29-32,44-48H,3-4,10,12,18-19,22-26,28,33-37H2,5-6H3/t44?,45?,46-,47-,48-/m0/s1. The lowest BCUT2D eigenvalue weighted by Crippen LogP contribution is -2.55. The van der Waals surface area contributed by atoms with E-state index in [1.807, 2.05) is 43.3 Å². The molecule has 0 spiro atoms. The van der Waals surface area contributed by atoms with Crippen LogP contribution in [-0.2, 0) is 9.59 Å². The average Bonchev–Trinajstić information content (AvgIpc) is 1.20. The molecule has 0 bridgehead atoms. The molecule has 8 heterocycles. The number of terminal acetylenes is 2. The van der Waals surface area contributed by atoms with Gasteiger partial charge in [0.25, 0.3) is 11.8 Å². The number of ether oxygens (including phenoxy) is 2. The Bertz CT molecular complexity index is 4500. The highest BCUT2D eigenvalue weighted by Gasteiger charge is 2.37. The third kappa shape index (κ3) is 11.7. The number of pyridine rings is 2. The first kappa shape index (κ1) is 60.9. The van der Waals surface area contributed by atoms with Gasteiger partial charge >= 0.3 is 12.0 Å². The topological polar surface area (TPSA) is 197 Å². The fourth-order valence-corrected chi connectivity index (χ4v) is 13.2. The Balaban J connectivity index is 0.891. The molecule has 0 N–H and O–H groups in total. The number of hydrogen-bond donors (Lipinski definition) is 0. The van der Waals surface area contributed by atoms with Crippen LogP contribution in [0.5, 0.6) is 12.0 Å². The number of anilines is 2. The van der Waals surface area contributed by atoms with Gasteiger partial charge < -0.3 is 34.0 Å². The van der Waals surface area contributed by atoms with Gasteiger partial charge in [-0.25, -0.2) is 22.5 Å². The van der Waals surface area contributed by atoms with Crippen LogP contribution in [0.2, 0.25) is 0 Å². The molecular weight excluding hydrogens is 1170 g/mol. The Morgan fingerprint density at radius 1 is 0.637 bits per heavy atom. The smallest absolute Gasteiger partial charge is 0.319 e. The summed E-state index contributed by atoms with van der Waals surface area (Å²) in [5, 5.41) is 21.6. The Kier molecular flexibility index (Phi) is 16.9. The summed E-state index contributed by atoms with van der Waals surface area (Å²) in [6.45, 7) is 8.48. The maximum Gasteiger partial charge on any atom is 0.319 e. The van der Waals surface area contributed by atoms with Crippen molar-refractivity contribution >= 4 is 67.1 Å². The number of piperazine rings is 2. The number of amides is 2. The molecule has 2 unspecified atom stereocenters. The molecule has 2 amide bonds. The van der Waals surface area contributed by atoms with E-state index in [2.05, 4.69) is 51.9 Å². The summed E-state index contributed by atoms with van der Waals surface area (Å²) in [6, 6.07) is 20.7. The van der Waals surface area contributed by atoms with Crippen LogP contribution in [0.4, 0.5) is 33.6 Å². The van der Waals surface area contributed by atoms with Crippen molar-refractivity contribution in [3.63, 3.8) is 0 Å². The molecule has 91 heavy (non-hydrogen) atoms. The van der Waals surface area contributed by atoms with Crippen molar-refractivity contribution in [1.29, 1.82) is 10.5 Å². The number of nitriles is 2. The Morgan fingerprint density at radius 2 is 1.22 bits per heavy atom. The number of aromatic nitrogens is 6. The van der Waals surface area contributed by atoms with Crippen LogP contribution in [0.1, 0.15) is 54.7 Å². The zero-order valence-electron chi connectivity index (χ0n) is 49.8. The summed E-state index contributed by atoms with van der Waals surface area (Å²) in [7, 11) is 3.94. The van der Waals surface area contributed by atoms with E-state index in [9.17, 15) is 28.9 Å². The van der Waals surface area contributed by atoms with Crippen LogP contribution < -0.4 is 19.3 Å². The number of halogens is 5. The zero-order chi connectivity index (χ0) is 63.9. The van der Waals surface area contributed by atoms with Crippen LogP contribution in [0.15, 0.2) is 97.7 Å². The first-order valence-electron chi connectivity index (χ1n) is 29.6. The first-order valence-corrected chi connectivity index (χ1v) is 29.6. The van der Waals surface area contributed by atoms with Crippen molar-refractivity contribution in [2.45, 2.75) is 62.2 Å². The van der Waals surface area contributed by atoms with Crippen LogP contribution in [0.3, 0.4) is 0 Å². The molecular formula is C68H59F5N14O4. The maximum absolute atomic E-state index is 17.4. The van der Waals surface area contributed by atoms with Gasteiger partial charge in [0.15, 0.2) is 23.3 Å². The number of rotatable bonds is 15. The van der Waals surface area contributed by atoms with Crippen molar-refractivity contribution in [2.75, 3.05) is 89.5 Å². The third-order valence-electron chi connectivity index (χ3n) is 17.9. The summed E-state index contributed by atoms with van der Waals surface area (Å²) < 4.78 is 90.0. The highest BCUT2D eigenvalue weighted by atomic mass is 19.1. The largest absolute Gasteiger partial charge is 0.462 e. The number of benzene rings is 4. The number of carbonyl (C=O) groups excluding carboxylic acids is 2. The highest BCUT2D eigenvalue weighted by Crippen LogP contribution is 2.42. The minimum Gasteiger partial charge on any atom is -0.462 e. The van der Waals surface area contributed by atoms with Gasteiger partial charge in [0.2, 0.25) is 5.95 Å². The molecule has 0 saturated carbocycles. The molecule has 23 heteroatoms. The fraction of sp³-hybridized carbons (Fsp3) is 0.324. The molecule has 18 nitrogen and oxygen atoms in total. The van der Waals surface area contributed by atoms with E-state index in [0.717, 1.165) is 24.9 Å². The normalized spacial score (nSPS) is 19.6. The molecule has 4 aliphatic rings. The third-order valence-corrected chi connectivity index (χ3v) is 17.9. The Labute approximate surface area is 520 Å². The van der Waals surface area contributed by atoms with Crippen LogP contribution in [0, 0.1) is 64.9 Å². The number of nitrogens with zero attached hydrogens (tertiary/aromatic N) is 14. The van der Waals surface area contributed by atoms with Gasteiger partial charge in [-0.1, -0.05) is 61.4 Å². The SMILES string of the molecule is C#Cc1c(F)ccc2cccc(-c3cnc4c(N5CCN(C(=O)C(=C)F)C(CC#N)C5)nc(OC[C@@H]5CC(c6cc(-c7cc8nc(OC[C@@H]9CCCN9C)nc(N9CCN(C(=O)C(=C)F)[C@@H](CC#N)C9)c8nc7F)c7c(C#C)c(F)ccc7c6)CN5C)nc4c3)c12. The second kappa shape index (κ2) is 25.3. The highest BCUT2D eigenvalue weighted by molar-refractivity contribution is 6.04. The lowest BCUT2D eigenvalue weighted by atomic mass is 9.87. The molecule has 8 aromatic rings. The molecule has 4 saturated heterocycles. The van der Waals surface area contributed by atoms with Crippen molar-refractivity contribution in [1.82, 2.24) is 49.5 Å². The van der Waals surface area contributed by atoms with Gasteiger partial charge in [-0.2, -0.15) is 34.9 Å². The minimum absolute atomic E-state index is 0.00849. The number of fused-ring (bicyclic) bond motifs is 4. The van der Waals surface area contributed by atoms with Gasteiger partial charge in [0.05, 0.1) is 59.2 Å². The predicted molar refractivity (Wildman–Crippen MR) is 333 cm³/mol. The van der Waals surface area contributed by atoms with Gasteiger partial charge in [-0.3, -0.25) is 19.5 Å². The lowest BCUT2D eigenvalue weighted by Gasteiger charge is -2.41. The lowest BCUT2D eigenvalue weighted by molar-refractivity contribution is -0.132. The van der Waals surface area contributed by atoms with E-state index in [1.165, 1.54) is 28.0 Å². The quantitative estimate of drug-likeness (QED) is 0.0407. The van der Waals surface area contributed by atoms with Crippen LogP contribution >= 0.6 is 0 Å². The fourth-order valence-electron chi connectivity index (χ4n) is 13.2. The van der Waals surface area contributed by atoms with Gasteiger partial charge in [-0.05, 0) is 104 Å². The van der Waals surface area contributed by atoms with Crippen LogP contribution in [-0.4, -0.2) is 165 Å². The molecule has 4 aromatic carbocycles. The second-order valence-corrected chi connectivity index (χ2v) is 23.3. The van der Waals surface area contributed by atoms with Crippen molar-refractivity contribution in [2.24, 2.45) is 0 Å². The minimum atomic E-state index is -1.16. The summed E-state index contributed by atoms with van der Waals surface area (Å²) in [6.07, 6.45) is 15.6. The van der Waals surface area contributed by atoms with Crippen molar-refractivity contribution in [3.05, 3.63) is 132 Å². The average molecular weight is 1230 g/mol. The Morgan fingerprint density at radius 3 is 1.80 bits per heavy atom. The molecule has 460 valence electrons. The molecule has 0 aliphatic carbocycles. The molecule has 12 rings (SSSR count). The molecule has 4 aromatic heterocycles. The van der Waals surface area contributed by atoms with Gasteiger partial charge in [0.1, 0.15) is 35.9 Å². The molecule has 4 fully saturated rings. The summed E-state index contributed by atoms with van der Waals surface area (Å²) >= 11 is 0. The van der Waals surface area contributed by atoms with E-state index in [1.54, 1.807) is 35.4 Å². The van der Waals surface area contributed by atoms with Crippen LogP contribution in [0.25, 0.3) is 65.9 Å². The molecule has 0 radical (unpaired) electrons. The zero-order valence-corrected chi connectivity index (χ0v) is 49.8. The number of hydrogen-bond acceptors (Lipinski definition) is 16. The monoisotopic (exact) mass is 1230 g/mol. The number of likely N-dealkylation sites (tertiary alicyclic amines) is 2. The summed E-state index contributed by atoms with van der Waals surface area (Å²) in [5.74, 6) is -1.06. The van der Waals surface area contributed by atoms with E-state index < -0.39 is 53.1 Å². The van der Waals surface area contributed by atoms with E-state index in [4.69, 9.17) is 47.2 Å². The second-order valence-electron chi connectivity index (χ2n) is 23.3. The number of likely N-dealkylation sites (N-methyl/N-ethyl adjacent to an activating group) is 2. The molecule has 5 atom stereocenters. The van der Waals surface area contributed by atoms with E-state index >= 15 is 13.2 Å². The predicted octanol–water partition coefficient (Wildman–Crippen LogP) is 9.55. The van der Waals surface area contributed by atoms with Gasteiger partial charge in [0, 0.05) is 86.0 Å². The first-order chi connectivity index (χ1) is 43.9. The molecule has 4 aliphatic heterocycles. The maximum atomic E-state index is 17.4. The van der Waals surface area contributed by atoms with E-state index in [0.29, 0.717) is 57.1 Å². The van der Waals surface area contributed by atoms with E-state index in [-0.39, 0.29) is 140 Å².